The number of hydrogen-bond donors (Lipinski definition) is 0. The van der Waals surface area contributed by atoms with Crippen LogP contribution in [0, 0.1) is 0 Å². The van der Waals surface area contributed by atoms with Gasteiger partial charge in [0, 0.05) is 33.1 Å². The number of ether oxygens (including phenoxy) is 1. The number of hydrogen-bond acceptors (Lipinski definition) is 6. The third-order valence-corrected chi connectivity index (χ3v) is 6.55. The molecule has 1 aliphatic heterocycles. The van der Waals surface area contributed by atoms with E-state index in [0.717, 1.165) is 14.8 Å². The Labute approximate surface area is 214 Å². The van der Waals surface area contributed by atoms with Crippen molar-refractivity contribution in [3.05, 3.63) is 86.2 Å². The molecule has 2 heterocycles. The van der Waals surface area contributed by atoms with E-state index < -0.39 is 17.2 Å². The van der Waals surface area contributed by atoms with Gasteiger partial charge in [0.05, 0.1) is 19.3 Å². The molecule has 0 N–H and O–H groups in total. The van der Waals surface area contributed by atoms with Gasteiger partial charge in [-0.1, -0.05) is 38.1 Å². The fraction of sp³-hybridized carbons (Fsp3) is 0.370. The molecular weight excluding hydrogens is 474 g/mol. The largest absolute Gasteiger partial charge is 0.497 e. The van der Waals surface area contributed by atoms with Crippen LogP contribution in [0.1, 0.15) is 48.3 Å². The summed E-state index contributed by atoms with van der Waals surface area (Å²) < 4.78 is 7.40. The van der Waals surface area contributed by atoms with Crippen LogP contribution < -0.4 is 16.0 Å². The van der Waals surface area contributed by atoms with E-state index >= 15 is 0 Å². The highest BCUT2D eigenvalue weighted by molar-refractivity contribution is 5.92. The van der Waals surface area contributed by atoms with Crippen molar-refractivity contribution in [3.63, 3.8) is 0 Å². The van der Waals surface area contributed by atoms with Gasteiger partial charge in [-0.25, -0.2) is 4.79 Å². The molecule has 0 radical (unpaired) electrons. The molecule has 2 amide bonds. The van der Waals surface area contributed by atoms with Crippen molar-refractivity contribution in [1.29, 1.82) is 0 Å². The summed E-state index contributed by atoms with van der Waals surface area (Å²) in [5.41, 5.74) is 0.446. The summed E-state index contributed by atoms with van der Waals surface area (Å²) in [4.78, 5) is 55.3. The Morgan fingerprint density at radius 2 is 1.62 bits per heavy atom. The zero-order valence-electron chi connectivity index (χ0n) is 21.5. The number of nitrogens with zero attached hydrogens (tertiary/aromatic N) is 5. The van der Waals surface area contributed by atoms with Gasteiger partial charge >= 0.3 is 5.69 Å². The van der Waals surface area contributed by atoms with Gasteiger partial charge in [-0.05, 0) is 41.3 Å². The molecule has 1 aliphatic rings. The van der Waals surface area contributed by atoms with Crippen LogP contribution in [0.25, 0.3) is 5.69 Å². The highest BCUT2D eigenvalue weighted by Crippen LogP contribution is 2.16. The Hall–Kier alpha value is -4.21. The SMILES string of the molecule is COc1cccc(Cn2c(=O)c(C(=O)N3CCN(C(C)=O)CC3)nn(-c3ccc(C(C)C)cc3)c2=O)c1. The normalized spacial score (nSPS) is 13.6. The molecule has 1 fully saturated rings. The highest BCUT2D eigenvalue weighted by atomic mass is 16.5. The minimum Gasteiger partial charge on any atom is -0.497 e. The maximum absolute atomic E-state index is 13.5. The standard InChI is InChI=1S/C27H31N5O5/c1-18(2)21-8-10-22(11-9-21)32-27(36)31(17-20-6-5-7-23(16-20)37-4)26(35)24(28-32)25(34)30-14-12-29(13-15-30)19(3)33/h5-11,16,18H,12-15,17H2,1-4H3. The molecule has 194 valence electrons. The van der Waals surface area contributed by atoms with E-state index in [2.05, 4.69) is 18.9 Å². The van der Waals surface area contributed by atoms with E-state index in [-0.39, 0.29) is 31.2 Å². The molecule has 1 aromatic heterocycles. The second kappa shape index (κ2) is 10.8. The lowest BCUT2D eigenvalue weighted by Gasteiger charge is -2.33. The molecule has 1 saturated heterocycles. The summed E-state index contributed by atoms with van der Waals surface area (Å²) in [5.74, 6) is 0.250. The first kappa shape index (κ1) is 25.9. The number of piperazine rings is 1. The van der Waals surface area contributed by atoms with Crippen LogP contribution >= 0.6 is 0 Å². The number of carbonyl (C=O) groups excluding carboxylic acids is 2. The van der Waals surface area contributed by atoms with Gasteiger partial charge in [-0.15, -0.1) is 0 Å². The monoisotopic (exact) mass is 505 g/mol. The molecule has 0 aliphatic carbocycles. The van der Waals surface area contributed by atoms with Crippen molar-refractivity contribution in [2.45, 2.75) is 33.2 Å². The lowest BCUT2D eigenvalue weighted by Crippen LogP contribution is -2.52. The van der Waals surface area contributed by atoms with Crippen LogP contribution in [0.5, 0.6) is 5.75 Å². The zero-order valence-corrected chi connectivity index (χ0v) is 21.5. The zero-order chi connectivity index (χ0) is 26.7. The Kier molecular flexibility index (Phi) is 7.56. The van der Waals surface area contributed by atoms with E-state index in [0.29, 0.717) is 36.0 Å². The number of methoxy groups -OCH3 is 1. The quantitative estimate of drug-likeness (QED) is 0.506. The molecule has 4 rings (SSSR count). The van der Waals surface area contributed by atoms with Crippen molar-refractivity contribution in [2.75, 3.05) is 33.3 Å². The number of amides is 2. The van der Waals surface area contributed by atoms with Gasteiger partial charge in [0.15, 0.2) is 0 Å². The van der Waals surface area contributed by atoms with E-state index in [9.17, 15) is 19.2 Å². The average molecular weight is 506 g/mol. The Bertz CT molecular complexity index is 1420. The number of carbonyl (C=O) groups is 2. The molecule has 3 aromatic rings. The van der Waals surface area contributed by atoms with E-state index in [1.807, 2.05) is 12.1 Å². The van der Waals surface area contributed by atoms with Gasteiger partial charge in [0.2, 0.25) is 11.6 Å². The third kappa shape index (κ3) is 5.47. The van der Waals surface area contributed by atoms with Gasteiger partial charge in [0.1, 0.15) is 5.75 Å². The lowest BCUT2D eigenvalue weighted by molar-refractivity contribution is -0.130. The topological polar surface area (TPSA) is 107 Å². The first-order valence-corrected chi connectivity index (χ1v) is 12.2. The molecule has 0 unspecified atom stereocenters. The molecule has 10 nitrogen and oxygen atoms in total. The summed E-state index contributed by atoms with van der Waals surface area (Å²) in [5, 5.41) is 4.26. The van der Waals surface area contributed by atoms with Crippen molar-refractivity contribution < 1.29 is 14.3 Å². The minimum absolute atomic E-state index is 0.0557. The molecular formula is C27H31N5O5. The molecule has 37 heavy (non-hydrogen) atoms. The van der Waals surface area contributed by atoms with Crippen LogP contribution in [0.3, 0.4) is 0 Å². The molecule has 2 aromatic carbocycles. The smallest absolute Gasteiger partial charge is 0.352 e. The molecule has 0 spiro atoms. The second-order valence-corrected chi connectivity index (χ2v) is 9.33. The summed E-state index contributed by atoms with van der Waals surface area (Å²) in [7, 11) is 1.54. The van der Waals surface area contributed by atoms with Crippen molar-refractivity contribution in [2.24, 2.45) is 0 Å². The Morgan fingerprint density at radius 3 is 2.22 bits per heavy atom. The fourth-order valence-electron chi connectivity index (χ4n) is 4.28. The average Bonchev–Trinajstić information content (AvgIpc) is 2.91. The highest BCUT2D eigenvalue weighted by Gasteiger charge is 2.28. The summed E-state index contributed by atoms with van der Waals surface area (Å²) in [6, 6.07) is 14.3. The first-order chi connectivity index (χ1) is 17.7. The number of aromatic nitrogens is 3. The molecule has 10 heteroatoms. The van der Waals surface area contributed by atoms with Gasteiger partial charge in [-0.2, -0.15) is 9.78 Å². The fourth-order valence-corrected chi connectivity index (χ4v) is 4.28. The molecule has 0 saturated carbocycles. The van der Waals surface area contributed by atoms with E-state index in [4.69, 9.17) is 4.74 Å². The Balaban J connectivity index is 1.79. The van der Waals surface area contributed by atoms with Crippen LogP contribution in [0.2, 0.25) is 0 Å². The van der Waals surface area contributed by atoms with Gasteiger partial charge in [0.25, 0.3) is 11.5 Å². The summed E-state index contributed by atoms with van der Waals surface area (Å²) in [6.07, 6.45) is 0. The summed E-state index contributed by atoms with van der Waals surface area (Å²) in [6.45, 7) is 6.85. The number of benzene rings is 2. The molecule has 0 atom stereocenters. The minimum atomic E-state index is -0.762. The van der Waals surface area contributed by atoms with E-state index in [1.165, 1.54) is 18.9 Å². The maximum atomic E-state index is 13.5. The van der Waals surface area contributed by atoms with Gasteiger partial charge < -0.3 is 14.5 Å². The van der Waals surface area contributed by atoms with Crippen LogP contribution in [-0.4, -0.2) is 69.3 Å². The van der Waals surface area contributed by atoms with Gasteiger partial charge in [-0.3, -0.25) is 19.0 Å². The second-order valence-electron chi connectivity index (χ2n) is 9.33. The molecule has 0 bridgehead atoms. The Morgan fingerprint density at radius 1 is 0.973 bits per heavy atom. The van der Waals surface area contributed by atoms with Crippen molar-refractivity contribution >= 4 is 11.8 Å². The van der Waals surface area contributed by atoms with Crippen LogP contribution in [0.15, 0.2) is 58.1 Å². The lowest BCUT2D eigenvalue weighted by atomic mass is 10.0. The van der Waals surface area contributed by atoms with Crippen molar-refractivity contribution in [3.8, 4) is 11.4 Å². The maximum Gasteiger partial charge on any atom is 0.352 e. The predicted octanol–water partition coefficient (Wildman–Crippen LogP) is 1.88. The van der Waals surface area contributed by atoms with Crippen molar-refractivity contribution in [1.82, 2.24) is 24.1 Å². The predicted molar refractivity (Wildman–Crippen MR) is 138 cm³/mol. The van der Waals surface area contributed by atoms with E-state index in [1.54, 1.807) is 41.3 Å². The van der Waals surface area contributed by atoms with Crippen LogP contribution in [-0.2, 0) is 11.3 Å². The van der Waals surface area contributed by atoms with Crippen LogP contribution in [0.4, 0.5) is 0 Å². The number of rotatable bonds is 6. The first-order valence-electron chi connectivity index (χ1n) is 12.2. The third-order valence-electron chi connectivity index (χ3n) is 6.55. The summed E-state index contributed by atoms with van der Waals surface area (Å²) >= 11 is 0.